The second kappa shape index (κ2) is 6.12. The zero-order chi connectivity index (χ0) is 15.4. The molecule has 0 saturated carbocycles. The zero-order valence-electron chi connectivity index (χ0n) is 10.4. The van der Waals surface area contributed by atoms with E-state index in [0.29, 0.717) is 5.56 Å². The molecule has 0 atom stereocenters. The van der Waals surface area contributed by atoms with E-state index < -0.39 is 34.8 Å². The van der Waals surface area contributed by atoms with Crippen molar-refractivity contribution in [2.45, 2.75) is 19.0 Å². The molecular formula is C11H14F3N3O2S. The van der Waals surface area contributed by atoms with Crippen LogP contribution in [-0.4, -0.2) is 26.2 Å². The van der Waals surface area contributed by atoms with E-state index >= 15 is 0 Å². The van der Waals surface area contributed by atoms with Crippen LogP contribution in [-0.2, 0) is 10.0 Å². The van der Waals surface area contributed by atoms with Crippen molar-refractivity contribution >= 4 is 21.5 Å². The summed E-state index contributed by atoms with van der Waals surface area (Å²) in [5, 5.41) is 7.17. The molecule has 112 valence electrons. The first-order chi connectivity index (χ1) is 9.09. The van der Waals surface area contributed by atoms with E-state index in [-0.39, 0.29) is 11.5 Å². The molecule has 5 nitrogen and oxygen atoms in total. The van der Waals surface area contributed by atoms with Gasteiger partial charge in [0.1, 0.15) is 5.84 Å². The molecule has 0 aliphatic heterocycles. The SMILES string of the molecule is N=C(N)c1ccc(NS(=O)(=O)CCCC(F)(F)F)cc1. The van der Waals surface area contributed by atoms with Crippen LogP contribution >= 0.6 is 0 Å². The monoisotopic (exact) mass is 309 g/mol. The van der Waals surface area contributed by atoms with Gasteiger partial charge in [0.2, 0.25) is 10.0 Å². The van der Waals surface area contributed by atoms with Crippen LogP contribution in [0.1, 0.15) is 18.4 Å². The van der Waals surface area contributed by atoms with Crippen molar-refractivity contribution in [3.63, 3.8) is 0 Å². The molecule has 0 amide bonds. The van der Waals surface area contributed by atoms with Crippen LogP contribution in [0.15, 0.2) is 24.3 Å². The molecule has 0 aliphatic rings. The van der Waals surface area contributed by atoms with Gasteiger partial charge in [0.25, 0.3) is 0 Å². The highest BCUT2D eigenvalue weighted by Gasteiger charge is 2.27. The van der Waals surface area contributed by atoms with Crippen molar-refractivity contribution < 1.29 is 21.6 Å². The maximum Gasteiger partial charge on any atom is 0.389 e. The summed E-state index contributed by atoms with van der Waals surface area (Å²) in [6, 6.07) is 5.65. The number of hydrogen-bond donors (Lipinski definition) is 3. The first-order valence-corrected chi connectivity index (χ1v) is 7.26. The Hall–Kier alpha value is -1.77. The maximum atomic E-state index is 11.9. The number of anilines is 1. The van der Waals surface area contributed by atoms with Crippen LogP contribution in [0.4, 0.5) is 18.9 Å². The lowest BCUT2D eigenvalue weighted by Crippen LogP contribution is -2.19. The molecule has 0 aliphatic carbocycles. The van der Waals surface area contributed by atoms with Crippen molar-refractivity contribution in [1.82, 2.24) is 0 Å². The molecule has 0 fully saturated rings. The summed E-state index contributed by atoms with van der Waals surface area (Å²) >= 11 is 0. The number of amidine groups is 1. The second-order valence-corrected chi connectivity index (χ2v) is 5.97. The van der Waals surface area contributed by atoms with Gasteiger partial charge in [-0.25, -0.2) is 8.42 Å². The van der Waals surface area contributed by atoms with Crippen LogP contribution in [0.3, 0.4) is 0 Å². The molecule has 0 unspecified atom stereocenters. The Kier molecular flexibility index (Phi) is 4.98. The number of hydrogen-bond acceptors (Lipinski definition) is 3. The third-order valence-corrected chi connectivity index (χ3v) is 3.72. The molecule has 1 aromatic carbocycles. The predicted molar refractivity (Wildman–Crippen MR) is 70.2 cm³/mol. The van der Waals surface area contributed by atoms with E-state index in [4.69, 9.17) is 11.1 Å². The Morgan fingerprint density at radius 3 is 2.25 bits per heavy atom. The second-order valence-electron chi connectivity index (χ2n) is 4.13. The van der Waals surface area contributed by atoms with Crippen LogP contribution in [0, 0.1) is 5.41 Å². The summed E-state index contributed by atoms with van der Waals surface area (Å²) in [6.07, 6.45) is -6.00. The fraction of sp³-hybridized carbons (Fsp3) is 0.364. The Labute approximate surface area is 114 Å². The molecule has 4 N–H and O–H groups in total. The first-order valence-electron chi connectivity index (χ1n) is 5.61. The number of rotatable bonds is 6. The average Bonchev–Trinajstić information content (AvgIpc) is 2.26. The van der Waals surface area contributed by atoms with Gasteiger partial charge in [0.15, 0.2) is 0 Å². The molecule has 20 heavy (non-hydrogen) atoms. The fourth-order valence-electron chi connectivity index (χ4n) is 1.41. The van der Waals surface area contributed by atoms with Gasteiger partial charge in [0.05, 0.1) is 5.75 Å². The molecule has 0 spiro atoms. The van der Waals surface area contributed by atoms with Crippen LogP contribution in [0.5, 0.6) is 0 Å². The molecule has 1 aromatic rings. The number of nitrogen functional groups attached to an aromatic ring is 1. The molecule has 0 heterocycles. The predicted octanol–water partition coefficient (Wildman–Crippen LogP) is 2.05. The molecule has 1 rings (SSSR count). The highest BCUT2D eigenvalue weighted by Crippen LogP contribution is 2.22. The number of nitrogens with one attached hydrogen (secondary N) is 2. The summed E-state index contributed by atoms with van der Waals surface area (Å²) in [5.41, 5.74) is 5.87. The van der Waals surface area contributed by atoms with Gasteiger partial charge >= 0.3 is 6.18 Å². The standard InChI is InChI=1S/C11H14F3N3O2S/c12-11(13,14)6-1-7-20(18,19)17-9-4-2-8(3-5-9)10(15)16/h2-5,17H,1,6-7H2,(H3,15,16). The highest BCUT2D eigenvalue weighted by molar-refractivity contribution is 7.92. The maximum absolute atomic E-state index is 11.9. The lowest BCUT2D eigenvalue weighted by molar-refractivity contribution is -0.134. The van der Waals surface area contributed by atoms with E-state index in [1.165, 1.54) is 24.3 Å². The van der Waals surface area contributed by atoms with Gasteiger partial charge in [0, 0.05) is 17.7 Å². The Morgan fingerprint density at radius 1 is 1.25 bits per heavy atom. The Balaban J connectivity index is 2.60. The molecule has 0 saturated heterocycles. The Bertz CT molecular complexity index is 568. The summed E-state index contributed by atoms with van der Waals surface area (Å²) < 4.78 is 61.1. The third-order valence-electron chi connectivity index (χ3n) is 2.34. The minimum absolute atomic E-state index is 0.162. The summed E-state index contributed by atoms with van der Waals surface area (Å²) in [4.78, 5) is 0. The Morgan fingerprint density at radius 2 is 1.80 bits per heavy atom. The van der Waals surface area contributed by atoms with Crippen molar-refractivity contribution in [2.75, 3.05) is 10.5 Å². The minimum atomic E-state index is -4.36. The molecule has 0 aromatic heterocycles. The van der Waals surface area contributed by atoms with Crippen LogP contribution in [0.2, 0.25) is 0 Å². The van der Waals surface area contributed by atoms with Crippen LogP contribution in [0.25, 0.3) is 0 Å². The summed E-state index contributed by atoms with van der Waals surface area (Å²) in [5.74, 6) is -0.773. The average molecular weight is 309 g/mol. The molecular weight excluding hydrogens is 295 g/mol. The van der Waals surface area contributed by atoms with Gasteiger partial charge in [-0.3, -0.25) is 10.1 Å². The lowest BCUT2D eigenvalue weighted by atomic mass is 10.2. The van der Waals surface area contributed by atoms with Gasteiger partial charge in [-0.1, -0.05) is 0 Å². The molecule has 0 bridgehead atoms. The van der Waals surface area contributed by atoms with Crippen molar-refractivity contribution in [2.24, 2.45) is 5.73 Å². The minimum Gasteiger partial charge on any atom is -0.384 e. The highest BCUT2D eigenvalue weighted by atomic mass is 32.2. The van der Waals surface area contributed by atoms with E-state index in [0.717, 1.165) is 0 Å². The van der Waals surface area contributed by atoms with Crippen molar-refractivity contribution in [3.8, 4) is 0 Å². The van der Waals surface area contributed by atoms with Gasteiger partial charge in [-0.05, 0) is 30.7 Å². The number of alkyl halides is 3. The number of sulfonamides is 1. The molecule has 9 heteroatoms. The van der Waals surface area contributed by atoms with Gasteiger partial charge in [-0.2, -0.15) is 13.2 Å². The van der Waals surface area contributed by atoms with Crippen molar-refractivity contribution in [3.05, 3.63) is 29.8 Å². The third kappa shape index (κ3) is 5.91. The van der Waals surface area contributed by atoms with Gasteiger partial charge < -0.3 is 5.73 Å². The topological polar surface area (TPSA) is 96.0 Å². The first kappa shape index (κ1) is 16.3. The number of nitrogens with two attached hydrogens (primary N) is 1. The smallest absolute Gasteiger partial charge is 0.384 e. The fourth-order valence-corrected chi connectivity index (χ4v) is 2.53. The van der Waals surface area contributed by atoms with Crippen LogP contribution < -0.4 is 10.5 Å². The largest absolute Gasteiger partial charge is 0.389 e. The number of halogens is 3. The zero-order valence-corrected chi connectivity index (χ0v) is 11.2. The summed E-state index contributed by atoms with van der Waals surface area (Å²) in [6.45, 7) is 0. The van der Waals surface area contributed by atoms with E-state index in [1.807, 2.05) is 0 Å². The number of benzene rings is 1. The van der Waals surface area contributed by atoms with E-state index in [1.54, 1.807) is 0 Å². The summed E-state index contributed by atoms with van der Waals surface area (Å²) in [7, 11) is -3.83. The van der Waals surface area contributed by atoms with E-state index in [9.17, 15) is 21.6 Å². The normalized spacial score (nSPS) is 12.2. The van der Waals surface area contributed by atoms with Gasteiger partial charge in [-0.15, -0.1) is 0 Å². The molecule has 0 radical (unpaired) electrons. The lowest BCUT2D eigenvalue weighted by Gasteiger charge is -2.09. The van der Waals surface area contributed by atoms with Crippen molar-refractivity contribution in [1.29, 1.82) is 5.41 Å². The quantitative estimate of drug-likeness (QED) is 0.554. The van der Waals surface area contributed by atoms with E-state index in [2.05, 4.69) is 4.72 Å².